The molecule has 1 aromatic heterocycles. The molecule has 5 heteroatoms. The van der Waals surface area contributed by atoms with Gasteiger partial charge in [0, 0.05) is 13.1 Å². The maximum absolute atomic E-state index is 5.30. The summed E-state index contributed by atoms with van der Waals surface area (Å²) in [7, 11) is 3.43. The van der Waals surface area contributed by atoms with Crippen LogP contribution in [-0.2, 0) is 0 Å². The maximum Gasteiger partial charge on any atom is 0.204 e. The highest BCUT2D eigenvalue weighted by Crippen LogP contribution is 2.29. The monoisotopic (exact) mass is 224 g/mol. The Morgan fingerprint density at radius 3 is 2.62 bits per heavy atom. The first-order valence-electron chi connectivity index (χ1n) is 5.56. The van der Waals surface area contributed by atoms with Crippen molar-refractivity contribution in [3.8, 4) is 5.75 Å². The predicted molar refractivity (Wildman–Crippen MR) is 66.1 cm³/mol. The normalized spacial score (nSPS) is 12.0. The van der Waals surface area contributed by atoms with Crippen molar-refractivity contribution < 1.29 is 4.74 Å². The number of hydrogen-bond donors (Lipinski definition) is 2. The number of nitrogens with zero attached hydrogens (tertiary/aromatic N) is 2. The van der Waals surface area contributed by atoms with Crippen LogP contribution in [0.15, 0.2) is 6.33 Å². The van der Waals surface area contributed by atoms with E-state index < -0.39 is 0 Å². The zero-order chi connectivity index (χ0) is 12.0. The first kappa shape index (κ1) is 12.5. The molecule has 0 aliphatic rings. The summed E-state index contributed by atoms with van der Waals surface area (Å²) in [6.45, 7) is 4.29. The molecule has 1 rings (SSSR count). The number of rotatable bonds is 6. The fourth-order valence-electron chi connectivity index (χ4n) is 1.59. The van der Waals surface area contributed by atoms with Crippen molar-refractivity contribution >= 4 is 11.6 Å². The smallest absolute Gasteiger partial charge is 0.204 e. The van der Waals surface area contributed by atoms with Crippen LogP contribution in [0.4, 0.5) is 11.6 Å². The Labute approximate surface area is 96.6 Å². The molecule has 1 aromatic rings. The molecule has 90 valence electrons. The highest BCUT2D eigenvalue weighted by molar-refractivity contribution is 5.63. The first-order chi connectivity index (χ1) is 7.72. The van der Waals surface area contributed by atoms with Crippen LogP contribution >= 0.6 is 0 Å². The zero-order valence-electron chi connectivity index (χ0n) is 10.4. The maximum atomic E-state index is 5.30. The average Bonchev–Trinajstić information content (AvgIpc) is 2.29. The van der Waals surface area contributed by atoms with Crippen LogP contribution in [0, 0.1) is 0 Å². The van der Waals surface area contributed by atoms with E-state index in [9.17, 15) is 0 Å². The second-order valence-corrected chi connectivity index (χ2v) is 3.69. The summed E-state index contributed by atoms with van der Waals surface area (Å²) in [4.78, 5) is 8.29. The van der Waals surface area contributed by atoms with Crippen LogP contribution in [-0.4, -0.2) is 30.2 Å². The van der Waals surface area contributed by atoms with Crippen LogP contribution in [0.3, 0.4) is 0 Å². The second-order valence-electron chi connectivity index (χ2n) is 3.69. The minimum Gasteiger partial charge on any atom is -0.490 e. The lowest BCUT2D eigenvalue weighted by Crippen LogP contribution is -2.16. The summed E-state index contributed by atoms with van der Waals surface area (Å²) in [5.74, 6) is 2.10. The Morgan fingerprint density at radius 2 is 2.06 bits per heavy atom. The summed E-state index contributed by atoms with van der Waals surface area (Å²) in [6.07, 6.45) is 3.76. The average molecular weight is 224 g/mol. The molecule has 1 heterocycles. The molecule has 2 N–H and O–H groups in total. The summed E-state index contributed by atoms with van der Waals surface area (Å²) in [5, 5.41) is 6.30. The van der Waals surface area contributed by atoms with Crippen LogP contribution in [0.2, 0.25) is 0 Å². The van der Waals surface area contributed by atoms with Gasteiger partial charge in [0.1, 0.15) is 6.33 Å². The highest BCUT2D eigenvalue weighted by Gasteiger charge is 2.12. The van der Waals surface area contributed by atoms with E-state index in [-0.39, 0.29) is 0 Å². The van der Waals surface area contributed by atoms with Gasteiger partial charge >= 0.3 is 0 Å². The lowest BCUT2D eigenvalue weighted by Gasteiger charge is -2.16. The molecule has 1 atom stereocenters. The Hall–Kier alpha value is -1.52. The molecule has 0 fully saturated rings. The fourth-order valence-corrected chi connectivity index (χ4v) is 1.59. The first-order valence-corrected chi connectivity index (χ1v) is 5.56. The van der Waals surface area contributed by atoms with Gasteiger partial charge in [0.25, 0.3) is 0 Å². The quantitative estimate of drug-likeness (QED) is 0.775. The third kappa shape index (κ3) is 2.98. The summed E-state index contributed by atoms with van der Waals surface area (Å²) < 4.78 is 5.30. The van der Waals surface area contributed by atoms with Crippen molar-refractivity contribution in [1.29, 1.82) is 0 Å². The van der Waals surface area contributed by atoms with Gasteiger partial charge in [0.15, 0.2) is 11.6 Å². The molecule has 0 bridgehead atoms. The van der Waals surface area contributed by atoms with E-state index in [0.717, 1.165) is 18.7 Å². The third-order valence-electron chi connectivity index (χ3n) is 2.35. The van der Waals surface area contributed by atoms with Gasteiger partial charge in [0.05, 0.1) is 7.11 Å². The van der Waals surface area contributed by atoms with E-state index in [4.69, 9.17) is 4.74 Å². The van der Waals surface area contributed by atoms with E-state index in [0.29, 0.717) is 17.6 Å². The van der Waals surface area contributed by atoms with Crippen LogP contribution in [0.25, 0.3) is 0 Å². The van der Waals surface area contributed by atoms with Crippen molar-refractivity contribution in [1.82, 2.24) is 9.97 Å². The van der Waals surface area contributed by atoms with Crippen LogP contribution in [0.1, 0.15) is 26.7 Å². The molecule has 5 nitrogen and oxygen atoms in total. The van der Waals surface area contributed by atoms with E-state index in [1.54, 1.807) is 7.11 Å². The molecule has 0 spiro atoms. The summed E-state index contributed by atoms with van der Waals surface area (Å²) in [6, 6.07) is 0.374. The van der Waals surface area contributed by atoms with Crippen LogP contribution < -0.4 is 15.4 Å². The lowest BCUT2D eigenvalue weighted by molar-refractivity contribution is 0.414. The van der Waals surface area contributed by atoms with Gasteiger partial charge in [-0.05, 0) is 13.3 Å². The van der Waals surface area contributed by atoms with E-state index >= 15 is 0 Å². The van der Waals surface area contributed by atoms with Gasteiger partial charge in [-0.1, -0.05) is 13.3 Å². The number of ether oxygens (including phenoxy) is 1. The Kier molecular flexibility index (Phi) is 4.82. The molecule has 0 aliphatic carbocycles. The van der Waals surface area contributed by atoms with Gasteiger partial charge in [-0.25, -0.2) is 9.97 Å². The third-order valence-corrected chi connectivity index (χ3v) is 2.35. The Bertz CT molecular complexity index is 330. The SMILES string of the molecule is CCCC(C)Nc1ncnc(NC)c1OC. The molecule has 0 saturated heterocycles. The minimum absolute atomic E-state index is 0.374. The predicted octanol–water partition coefficient (Wildman–Crippen LogP) is 2.13. The molecule has 0 aliphatic heterocycles. The molecule has 0 aromatic carbocycles. The standard InChI is InChI=1S/C11H20N4O/c1-5-6-8(2)15-11-9(16-4)10(12-3)13-7-14-11/h7-8H,5-6H2,1-4H3,(H2,12,13,14,15). The van der Waals surface area contributed by atoms with E-state index in [1.165, 1.54) is 6.33 Å². The van der Waals surface area contributed by atoms with Gasteiger partial charge in [-0.2, -0.15) is 0 Å². The highest BCUT2D eigenvalue weighted by atomic mass is 16.5. The fraction of sp³-hybridized carbons (Fsp3) is 0.636. The lowest BCUT2D eigenvalue weighted by atomic mass is 10.2. The largest absolute Gasteiger partial charge is 0.490 e. The molecular formula is C11H20N4O. The van der Waals surface area contributed by atoms with Crippen molar-refractivity contribution in [2.24, 2.45) is 0 Å². The summed E-state index contributed by atoms with van der Waals surface area (Å²) in [5.41, 5.74) is 0. The van der Waals surface area contributed by atoms with Gasteiger partial charge < -0.3 is 15.4 Å². The van der Waals surface area contributed by atoms with Crippen molar-refractivity contribution in [3.63, 3.8) is 0 Å². The number of anilines is 2. The van der Waals surface area contributed by atoms with Crippen molar-refractivity contribution in [2.45, 2.75) is 32.7 Å². The van der Waals surface area contributed by atoms with Crippen LogP contribution in [0.5, 0.6) is 5.75 Å². The molecule has 0 radical (unpaired) electrons. The Balaban J connectivity index is 2.86. The number of methoxy groups -OCH3 is 1. The van der Waals surface area contributed by atoms with Crippen molar-refractivity contribution in [2.75, 3.05) is 24.8 Å². The van der Waals surface area contributed by atoms with Crippen molar-refractivity contribution in [3.05, 3.63) is 6.33 Å². The minimum atomic E-state index is 0.374. The topological polar surface area (TPSA) is 59.1 Å². The molecule has 1 unspecified atom stereocenters. The molecular weight excluding hydrogens is 204 g/mol. The molecule has 16 heavy (non-hydrogen) atoms. The van der Waals surface area contributed by atoms with Gasteiger partial charge in [0.2, 0.25) is 5.75 Å². The summed E-state index contributed by atoms with van der Waals surface area (Å²) >= 11 is 0. The second kappa shape index (κ2) is 6.15. The molecule has 0 saturated carbocycles. The van der Waals surface area contributed by atoms with E-state index in [2.05, 4.69) is 34.4 Å². The Morgan fingerprint density at radius 1 is 1.38 bits per heavy atom. The zero-order valence-corrected chi connectivity index (χ0v) is 10.4. The van der Waals surface area contributed by atoms with Gasteiger partial charge in [-0.15, -0.1) is 0 Å². The van der Waals surface area contributed by atoms with Gasteiger partial charge in [-0.3, -0.25) is 0 Å². The number of aromatic nitrogens is 2. The number of hydrogen-bond acceptors (Lipinski definition) is 5. The van der Waals surface area contributed by atoms with E-state index in [1.807, 2.05) is 7.05 Å². The number of nitrogens with one attached hydrogen (secondary N) is 2. The molecule has 0 amide bonds.